The minimum atomic E-state index is -0.269. The van der Waals surface area contributed by atoms with Gasteiger partial charge in [-0.2, -0.15) is 0 Å². The van der Waals surface area contributed by atoms with Crippen LogP contribution < -0.4 is 11.0 Å². The second kappa shape index (κ2) is 5.09. The Morgan fingerprint density at radius 1 is 1.10 bits per heavy atom. The number of imidazole rings is 1. The molecule has 1 aromatic heterocycles. The monoisotopic (exact) mass is 285 g/mol. The summed E-state index contributed by atoms with van der Waals surface area (Å²) in [5.74, 6) is -0.269. The van der Waals surface area contributed by atoms with E-state index in [4.69, 9.17) is 0 Å². The lowest BCUT2D eigenvalue weighted by Crippen LogP contribution is -2.18. The molecule has 0 aliphatic heterocycles. The fourth-order valence-corrected chi connectivity index (χ4v) is 2.42. The Labute approximate surface area is 121 Å². The van der Waals surface area contributed by atoms with Crippen LogP contribution in [0, 0.1) is 5.82 Å². The van der Waals surface area contributed by atoms with Gasteiger partial charge in [0.25, 0.3) is 0 Å². The van der Waals surface area contributed by atoms with E-state index >= 15 is 0 Å². The van der Waals surface area contributed by atoms with Gasteiger partial charge in [0.2, 0.25) is 0 Å². The minimum absolute atomic E-state index is 0.0992. The molecule has 21 heavy (non-hydrogen) atoms. The van der Waals surface area contributed by atoms with E-state index in [-0.39, 0.29) is 17.5 Å². The van der Waals surface area contributed by atoms with Crippen LogP contribution in [-0.4, -0.2) is 9.55 Å². The zero-order valence-corrected chi connectivity index (χ0v) is 11.9. The normalized spacial score (nSPS) is 11.2. The number of halogens is 1. The van der Waals surface area contributed by atoms with Crippen molar-refractivity contribution in [1.29, 1.82) is 0 Å². The first-order chi connectivity index (χ1) is 10.0. The summed E-state index contributed by atoms with van der Waals surface area (Å²) in [6.07, 6.45) is 0. The summed E-state index contributed by atoms with van der Waals surface area (Å²) in [5.41, 5.74) is 3.17. The summed E-state index contributed by atoms with van der Waals surface area (Å²) in [6.45, 7) is 3.94. The van der Waals surface area contributed by atoms with Crippen molar-refractivity contribution in [3.63, 3.8) is 0 Å². The molecule has 108 valence electrons. The van der Waals surface area contributed by atoms with E-state index in [0.29, 0.717) is 0 Å². The number of fused-ring (bicyclic) bond motifs is 1. The molecule has 0 atom stereocenters. The number of hydrogen-bond acceptors (Lipinski definition) is 2. The number of nitrogens with zero attached hydrogens (tertiary/aromatic N) is 1. The van der Waals surface area contributed by atoms with Gasteiger partial charge >= 0.3 is 5.69 Å². The van der Waals surface area contributed by atoms with Crippen LogP contribution in [0.5, 0.6) is 0 Å². The number of aromatic nitrogens is 2. The maximum absolute atomic E-state index is 12.9. The SMILES string of the molecule is CC(C)n1c(=O)[nH]c2cc(Nc3ccc(F)cc3)ccc21. The van der Waals surface area contributed by atoms with Gasteiger partial charge in [0.1, 0.15) is 5.82 Å². The van der Waals surface area contributed by atoms with Gasteiger partial charge in [-0.3, -0.25) is 4.57 Å². The van der Waals surface area contributed by atoms with Crippen LogP contribution in [0.3, 0.4) is 0 Å². The number of benzene rings is 2. The predicted molar refractivity (Wildman–Crippen MR) is 82.6 cm³/mol. The molecule has 1 heterocycles. The molecule has 0 amide bonds. The Bertz CT molecular complexity index is 831. The lowest BCUT2D eigenvalue weighted by molar-refractivity contribution is 0.598. The van der Waals surface area contributed by atoms with Gasteiger partial charge in [-0.05, 0) is 56.3 Å². The Morgan fingerprint density at radius 2 is 1.76 bits per heavy atom. The van der Waals surface area contributed by atoms with E-state index in [1.807, 2.05) is 32.0 Å². The van der Waals surface area contributed by atoms with Crippen molar-refractivity contribution in [1.82, 2.24) is 9.55 Å². The number of nitrogens with one attached hydrogen (secondary N) is 2. The van der Waals surface area contributed by atoms with Gasteiger partial charge in [0, 0.05) is 17.4 Å². The summed E-state index contributed by atoms with van der Waals surface area (Å²) in [7, 11) is 0. The highest BCUT2D eigenvalue weighted by Crippen LogP contribution is 2.22. The minimum Gasteiger partial charge on any atom is -0.355 e. The molecular weight excluding hydrogens is 269 g/mol. The molecule has 0 saturated carbocycles. The molecule has 0 aliphatic rings. The van der Waals surface area contributed by atoms with Crippen LogP contribution in [0.4, 0.5) is 15.8 Å². The zero-order valence-electron chi connectivity index (χ0n) is 11.9. The third-order valence-electron chi connectivity index (χ3n) is 3.37. The summed E-state index contributed by atoms with van der Waals surface area (Å²) >= 11 is 0. The molecule has 2 aromatic carbocycles. The highest BCUT2D eigenvalue weighted by atomic mass is 19.1. The van der Waals surface area contributed by atoms with E-state index in [0.717, 1.165) is 22.4 Å². The van der Waals surface area contributed by atoms with Crippen molar-refractivity contribution in [2.45, 2.75) is 19.9 Å². The fraction of sp³-hybridized carbons (Fsp3) is 0.188. The number of H-pyrrole nitrogens is 1. The second-order valence-electron chi connectivity index (χ2n) is 5.26. The molecule has 3 aromatic rings. The van der Waals surface area contributed by atoms with Gasteiger partial charge in [-0.1, -0.05) is 0 Å². The number of rotatable bonds is 3. The molecule has 0 radical (unpaired) electrons. The topological polar surface area (TPSA) is 49.8 Å². The van der Waals surface area contributed by atoms with Crippen molar-refractivity contribution >= 4 is 22.4 Å². The van der Waals surface area contributed by atoms with E-state index in [2.05, 4.69) is 10.3 Å². The Hall–Kier alpha value is -2.56. The number of anilines is 2. The molecule has 4 nitrogen and oxygen atoms in total. The van der Waals surface area contributed by atoms with E-state index in [9.17, 15) is 9.18 Å². The molecule has 0 bridgehead atoms. The fourth-order valence-electron chi connectivity index (χ4n) is 2.42. The maximum Gasteiger partial charge on any atom is 0.326 e. The maximum atomic E-state index is 12.9. The zero-order chi connectivity index (χ0) is 15.0. The van der Waals surface area contributed by atoms with Crippen LogP contribution in [-0.2, 0) is 0 Å². The third-order valence-corrected chi connectivity index (χ3v) is 3.37. The summed E-state index contributed by atoms with van der Waals surface area (Å²) in [4.78, 5) is 14.8. The molecule has 0 unspecified atom stereocenters. The van der Waals surface area contributed by atoms with Crippen molar-refractivity contribution in [3.05, 3.63) is 58.8 Å². The first-order valence-corrected chi connectivity index (χ1v) is 6.81. The standard InChI is InChI=1S/C16H16FN3O/c1-10(2)20-15-8-7-13(9-14(15)19-16(20)21)18-12-5-3-11(17)4-6-12/h3-10,18H,1-2H3,(H,19,21). The molecule has 0 fully saturated rings. The van der Waals surface area contributed by atoms with Crippen LogP contribution in [0.1, 0.15) is 19.9 Å². The molecular formula is C16H16FN3O. The largest absolute Gasteiger partial charge is 0.355 e. The highest BCUT2D eigenvalue weighted by Gasteiger charge is 2.09. The third kappa shape index (κ3) is 2.54. The van der Waals surface area contributed by atoms with Gasteiger partial charge in [-0.15, -0.1) is 0 Å². The quantitative estimate of drug-likeness (QED) is 0.769. The molecule has 0 aliphatic carbocycles. The van der Waals surface area contributed by atoms with Crippen molar-refractivity contribution in [2.24, 2.45) is 0 Å². The highest BCUT2D eigenvalue weighted by molar-refractivity contribution is 5.81. The predicted octanol–water partition coefficient (Wildman–Crippen LogP) is 3.79. The van der Waals surface area contributed by atoms with Gasteiger partial charge < -0.3 is 10.3 Å². The van der Waals surface area contributed by atoms with Crippen molar-refractivity contribution < 1.29 is 4.39 Å². The number of aromatic amines is 1. The molecule has 0 saturated heterocycles. The first-order valence-electron chi connectivity index (χ1n) is 6.81. The van der Waals surface area contributed by atoms with Gasteiger partial charge in [-0.25, -0.2) is 9.18 Å². The van der Waals surface area contributed by atoms with Gasteiger partial charge in [0.15, 0.2) is 0 Å². The van der Waals surface area contributed by atoms with Crippen molar-refractivity contribution in [3.8, 4) is 0 Å². The van der Waals surface area contributed by atoms with E-state index in [1.165, 1.54) is 12.1 Å². The smallest absolute Gasteiger partial charge is 0.326 e. The van der Waals surface area contributed by atoms with Crippen LogP contribution in [0.25, 0.3) is 11.0 Å². The summed E-state index contributed by atoms with van der Waals surface area (Å²) < 4.78 is 14.6. The molecule has 0 spiro atoms. The van der Waals surface area contributed by atoms with Gasteiger partial charge in [0.05, 0.1) is 11.0 Å². The Morgan fingerprint density at radius 3 is 2.43 bits per heavy atom. The lowest BCUT2D eigenvalue weighted by atomic mass is 10.2. The first kappa shape index (κ1) is 13.4. The van der Waals surface area contributed by atoms with E-state index < -0.39 is 0 Å². The number of hydrogen-bond donors (Lipinski definition) is 2. The molecule has 3 rings (SSSR count). The van der Waals surface area contributed by atoms with Crippen LogP contribution in [0.2, 0.25) is 0 Å². The van der Waals surface area contributed by atoms with Crippen LogP contribution in [0.15, 0.2) is 47.3 Å². The Kier molecular flexibility index (Phi) is 3.25. The summed E-state index contributed by atoms with van der Waals surface area (Å²) in [5, 5.41) is 3.18. The molecule has 2 N–H and O–H groups in total. The average molecular weight is 285 g/mol. The Balaban J connectivity index is 1.98. The lowest BCUT2D eigenvalue weighted by Gasteiger charge is -2.09. The van der Waals surface area contributed by atoms with Crippen molar-refractivity contribution in [2.75, 3.05) is 5.32 Å². The molecule has 5 heteroatoms. The van der Waals surface area contributed by atoms with Crippen LogP contribution >= 0.6 is 0 Å². The second-order valence-corrected chi connectivity index (χ2v) is 5.26. The van der Waals surface area contributed by atoms with E-state index in [1.54, 1.807) is 16.7 Å². The average Bonchev–Trinajstić information content (AvgIpc) is 2.76. The summed E-state index contributed by atoms with van der Waals surface area (Å²) in [6, 6.07) is 11.9.